The smallest absolute Gasteiger partial charge is 0.159 e. The van der Waals surface area contributed by atoms with E-state index in [1.807, 2.05) is 30.3 Å². The summed E-state index contributed by atoms with van der Waals surface area (Å²) in [5, 5.41) is 3.09. The van der Waals surface area contributed by atoms with E-state index in [1.165, 1.54) is 6.07 Å². The van der Waals surface area contributed by atoms with Crippen molar-refractivity contribution in [1.82, 2.24) is 5.32 Å². The number of hydrogen-bond acceptors (Lipinski definition) is 1. The van der Waals surface area contributed by atoms with E-state index >= 15 is 0 Å². The maximum absolute atomic E-state index is 13.2. The van der Waals surface area contributed by atoms with Gasteiger partial charge < -0.3 is 5.32 Å². The van der Waals surface area contributed by atoms with Crippen molar-refractivity contribution in [3.05, 3.63) is 71.3 Å². The molecular weight excluding hydrogens is 220 g/mol. The van der Waals surface area contributed by atoms with Crippen molar-refractivity contribution in [2.24, 2.45) is 0 Å². The molecule has 0 saturated carbocycles. The van der Waals surface area contributed by atoms with Gasteiger partial charge in [0.25, 0.3) is 0 Å². The highest BCUT2D eigenvalue weighted by atomic mass is 19.2. The highest BCUT2D eigenvalue weighted by Crippen LogP contribution is 2.22. The van der Waals surface area contributed by atoms with Gasteiger partial charge in [0.1, 0.15) is 0 Å². The molecule has 0 aliphatic carbocycles. The van der Waals surface area contributed by atoms with E-state index in [-0.39, 0.29) is 6.04 Å². The summed E-state index contributed by atoms with van der Waals surface area (Å²) in [5.41, 5.74) is 1.72. The van der Waals surface area contributed by atoms with Gasteiger partial charge in [-0.25, -0.2) is 8.78 Å². The maximum atomic E-state index is 13.2. The molecule has 0 spiro atoms. The van der Waals surface area contributed by atoms with Gasteiger partial charge in [0.2, 0.25) is 0 Å². The first-order valence-corrected chi connectivity index (χ1v) is 5.39. The molecule has 0 amide bonds. The van der Waals surface area contributed by atoms with Crippen LogP contribution in [0.2, 0.25) is 0 Å². The van der Waals surface area contributed by atoms with E-state index in [2.05, 4.69) is 5.32 Å². The van der Waals surface area contributed by atoms with E-state index in [9.17, 15) is 8.78 Å². The third kappa shape index (κ3) is 2.50. The Morgan fingerprint density at radius 1 is 0.882 bits per heavy atom. The summed E-state index contributed by atoms with van der Waals surface area (Å²) in [5.74, 6) is -1.64. The fourth-order valence-electron chi connectivity index (χ4n) is 1.86. The van der Waals surface area contributed by atoms with Crippen LogP contribution in [0.5, 0.6) is 0 Å². The van der Waals surface area contributed by atoms with E-state index in [1.54, 1.807) is 13.1 Å². The molecule has 1 N–H and O–H groups in total. The Hall–Kier alpha value is -1.74. The summed E-state index contributed by atoms with van der Waals surface area (Å²) in [7, 11) is 1.79. The molecule has 2 aromatic rings. The van der Waals surface area contributed by atoms with E-state index < -0.39 is 11.6 Å². The monoisotopic (exact) mass is 233 g/mol. The van der Waals surface area contributed by atoms with Gasteiger partial charge in [-0.1, -0.05) is 36.4 Å². The molecule has 1 unspecified atom stereocenters. The van der Waals surface area contributed by atoms with Gasteiger partial charge in [0.15, 0.2) is 11.6 Å². The average Bonchev–Trinajstić information content (AvgIpc) is 2.36. The predicted molar refractivity (Wildman–Crippen MR) is 63.7 cm³/mol. The summed E-state index contributed by atoms with van der Waals surface area (Å²) in [6.45, 7) is 0. The number of halogens is 2. The molecule has 0 aliphatic rings. The molecule has 2 aromatic carbocycles. The summed E-state index contributed by atoms with van der Waals surface area (Å²) in [6, 6.07) is 13.5. The van der Waals surface area contributed by atoms with Gasteiger partial charge in [-0.15, -0.1) is 0 Å². The predicted octanol–water partition coefficient (Wildman–Crippen LogP) is 3.27. The summed E-state index contributed by atoms with van der Waals surface area (Å²) in [4.78, 5) is 0. The second-order valence-electron chi connectivity index (χ2n) is 3.81. The normalized spacial score (nSPS) is 12.4. The second-order valence-corrected chi connectivity index (χ2v) is 3.81. The minimum Gasteiger partial charge on any atom is -0.309 e. The van der Waals surface area contributed by atoms with Crippen LogP contribution >= 0.6 is 0 Å². The first-order valence-electron chi connectivity index (χ1n) is 5.39. The van der Waals surface area contributed by atoms with Crippen LogP contribution in [0.25, 0.3) is 0 Å². The van der Waals surface area contributed by atoms with Crippen molar-refractivity contribution in [2.45, 2.75) is 6.04 Å². The number of benzene rings is 2. The first kappa shape index (κ1) is 11.7. The van der Waals surface area contributed by atoms with Crippen LogP contribution in [0.1, 0.15) is 17.2 Å². The largest absolute Gasteiger partial charge is 0.309 e. The Morgan fingerprint density at radius 3 is 2.18 bits per heavy atom. The van der Waals surface area contributed by atoms with Crippen LogP contribution in [-0.4, -0.2) is 7.05 Å². The van der Waals surface area contributed by atoms with E-state index in [4.69, 9.17) is 0 Å². The lowest BCUT2D eigenvalue weighted by Gasteiger charge is -2.17. The summed E-state index contributed by atoms with van der Waals surface area (Å²) >= 11 is 0. The molecule has 17 heavy (non-hydrogen) atoms. The fourth-order valence-corrected chi connectivity index (χ4v) is 1.86. The zero-order valence-electron chi connectivity index (χ0n) is 9.45. The molecule has 3 heteroatoms. The maximum Gasteiger partial charge on any atom is 0.159 e. The molecule has 0 aliphatic heterocycles. The zero-order valence-corrected chi connectivity index (χ0v) is 9.45. The van der Waals surface area contributed by atoms with Crippen LogP contribution in [0.4, 0.5) is 8.78 Å². The lowest BCUT2D eigenvalue weighted by Crippen LogP contribution is -2.17. The molecule has 1 nitrogen and oxygen atoms in total. The third-order valence-corrected chi connectivity index (χ3v) is 2.70. The summed E-state index contributed by atoms with van der Waals surface area (Å²) < 4.78 is 26.1. The topological polar surface area (TPSA) is 12.0 Å². The first-order chi connectivity index (χ1) is 8.22. The minimum absolute atomic E-state index is 0.133. The summed E-state index contributed by atoms with van der Waals surface area (Å²) in [6.07, 6.45) is 0. The Bertz CT molecular complexity index is 497. The van der Waals surface area contributed by atoms with Gasteiger partial charge >= 0.3 is 0 Å². The Labute approximate surface area is 99.1 Å². The minimum atomic E-state index is -0.823. The van der Waals surface area contributed by atoms with E-state index in [0.717, 1.165) is 11.6 Å². The molecule has 0 aromatic heterocycles. The Balaban J connectivity index is 2.39. The molecule has 0 bridgehead atoms. The molecule has 0 radical (unpaired) electrons. The van der Waals surface area contributed by atoms with Gasteiger partial charge in [-0.05, 0) is 30.3 Å². The second kappa shape index (κ2) is 5.06. The standard InChI is InChI=1S/C14H13F2N/c1-17-14(10-5-3-2-4-6-10)11-7-8-12(15)13(16)9-11/h2-9,14,17H,1H3. The lowest BCUT2D eigenvalue weighted by atomic mass is 9.99. The van der Waals surface area contributed by atoms with Gasteiger partial charge in [0.05, 0.1) is 6.04 Å². The highest BCUT2D eigenvalue weighted by molar-refractivity contribution is 5.32. The Kier molecular flexibility index (Phi) is 3.49. The van der Waals surface area contributed by atoms with Crippen molar-refractivity contribution in [1.29, 1.82) is 0 Å². The molecule has 2 rings (SSSR count). The van der Waals surface area contributed by atoms with Crippen molar-refractivity contribution in [3.8, 4) is 0 Å². The van der Waals surface area contributed by atoms with Gasteiger partial charge in [-0.3, -0.25) is 0 Å². The van der Waals surface area contributed by atoms with Crippen LogP contribution in [-0.2, 0) is 0 Å². The van der Waals surface area contributed by atoms with Crippen molar-refractivity contribution < 1.29 is 8.78 Å². The number of nitrogens with one attached hydrogen (secondary N) is 1. The zero-order chi connectivity index (χ0) is 12.3. The van der Waals surface area contributed by atoms with Gasteiger partial charge in [0, 0.05) is 0 Å². The van der Waals surface area contributed by atoms with Crippen LogP contribution < -0.4 is 5.32 Å². The molecule has 1 atom stereocenters. The number of hydrogen-bond donors (Lipinski definition) is 1. The molecule has 0 saturated heterocycles. The van der Waals surface area contributed by atoms with Gasteiger partial charge in [-0.2, -0.15) is 0 Å². The van der Waals surface area contributed by atoms with Crippen molar-refractivity contribution >= 4 is 0 Å². The lowest BCUT2D eigenvalue weighted by molar-refractivity contribution is 0.505. The third-order valence-electron chi connectivity index (χ3n) is 2.70. The van der Waals surface area contributed by atoms with E-state index in [0.29, 0.717) is 5.56 Å². The fraction of sp³-hybridized carbons (Fsp3) is 0.143. The van der Waals surface area contributed by atoms with Crippen LogP contribution in [0.15, 0.2) is 48.5 Å². The van der Waals surface area contributed by atoms with Crippen molar-refractivity contribution in [3.63, 3.8) is 0 Å². The molecular formula is C14H13F2N. The molecule has 88 valence electrons. The van der Waals surface area contributed by atoms with Crippen molar-refractivity contribution in [2.75, 3.05) is 7.05 Å². The highest BCUT2D eigenvalue weighted by Gasteiger charge is 2.13. The van der Waals surface area contributed by atoms with Crippen LogP contribution in [0, 0.1) is 11.6 Å². The average molecular weight is 233 g/mol. The molecule has 0 fully saturated rings. The Morgan fingerprint density at radius 2 is 1.59 bits per heavy atom. The number of rotatable bonds is 3. The van der Waals surface area contributed by atoms with Crippen LogP contribution in [0.3, 0.4) is 0 Å². The molecule has 0 heterocycles. The quantitative estimate of drug-likeness (QED) is 0.857. The SMILES string of the molecule is CNC(c1ccccc1)c1ccc(F)c(F)c1.